The van der Waals surface area contributed by atoms with Gasteiger partial charge in [0, 0.05) is 10.9 Å². The number of phenols is 1. The first-order valence-corrected chi connectivity index (χ1v) is 7.36. The van der Waals surface area contributed by atoms with Crippen LogP contribution in [0.15, 0.2) is 41.8 Å². The van der Waals surface area contributed by atoms with E-state index in [4.69, 9.17) is 0 Å². The maximum atomic E-state index is 11.7. The number of carbonyl (C=O) groups excluding carboxylic acids is 1. The van der Waals surface area contributed by atoms with Crippen molar-refractivity contribution < 1.29 is 9.90 Å². The quantitative estimate of drug-likeness (QED) is 0.793. The van der Waals surface area contributed by atoms with Gasteiger partial charge in [-0.1, -0.05) is 18.2 Å². The standard InChI is InChI=1S/C15H18N2O2S/c1-11(9-12-4-6-13(18)7-5-12)17-15(19)16-10-14-3-2-8-20-14/h2-8,11,18H,9-10H2,1H3,(H2,16,17,19). The van der Waals surface area contributed by atoms with E-state index in [9.17, 15) is 9.90 Å². The van der Waals surface area contributed by atoms with E-state index in [1.54, 1.807) is 23.5 Å². The minimum atomic E-state index is -0.162. The van der Waals surface area contributed by atoms with E-state index in [0.29, 0.717) is 6.54 Å². The van der Waals surface area contributed by atoms with E-state index in [1.165, 1.54) is 0 Å². The summed E-state index contributed by atoms with van der Waals surface area (Å²) in [6, 6.07) is 10.8. The normalized spacial score (nSPS) is 11.8. The molecule has 0 bridgehead atoms. The lowest BCUT2D eigenvalue weighted by atomic mass is 10.1. The van der Waals surface area contributed by atoms with Gasteiger partial charge in [0.05, 0.1) is 6.54 Å². The largest absolute Gasteiger partial charge is 0.508 e. The third-order valence-corrected chi connectivity index (χ3v) is 3.74. The Balaban J connectivity index is 1.74. The van der Waals surface area contributed by atoms with Crippen LogP contribution in [0, 0.1) is 0 Å². The van der Waals surface area contributed by atoms with Crippen LogP contribution < -0.4 is 10.6 Å². The first-order chi connectivity index (χ1) is 9.63. The number of carbonyl (C=O) groups is 1. The lowest BCUT2D eigenvalue weighted by Crippen LogP contribution is -2.41. The number of nitrogens with one attached hydrogen (secondary N) is 2. The predicted molar refractivity (Wildman–Crippen MR) is 81.0 cm³/mol. The van der Waals surface area contributed by atoms with Crippen molar-refractivity contribution in [1.82, 2.24) is 10.6 Å². The first-order valence-electron chi connectivity index (χ1n) is 6.48. The molecule has 0 saturated carbocycles. The van der Waals surface area contributed by atoms with Crippen LogP contribution >= 0.6 is 11.3 Å². The van der Waals surface area contributed by atoms with Crippen molar-refractivity contribution in [3.63, 3.8) is 0 Å². The number of amides is 2. The Hall–Kier alpha value is -2.01. The minimum absolute atomic E-state index is 0.0304. The van der Waals surface area contributed by atoms with Gasteiger partial charge < -0.3 is 15.7 Å². The number of thiophene rings is 1. The first kappa shape index (κ1) is 14.4. The minimum Gasteiger partial charge on any atom is -0.508 e. The maximum absolute atomic E-state index is 11.7. The van der Waals surface area contributed by atoms with Crippen LogP contribution in [0.3, 0.4) is 0 Å². The molecule has 20 heavy (non-hydrogen) atoms. The maximum Gasteiger partial charge on any atom is 0.315 e. The summed E-state index contributed by atoms with van der Waals surface area (Å²) in [6.45, 7) is 2.51. The number of benzene rings is 1. The molecule has 0 fully saturated rings. The van der Waals surface area contributed by atoms with Gasteiger partial charge in [-0.2, -0.15) is 0 Å². The van der Waals surface area contributed by atoms with E-state index >= 15 is 0 Å². The van der Waals surface area contributed by atoms with E-state index < -0.39 is 0 Å². The van der Waals surface area contributed by atoms with Gasteiger partial charge in [0.25, 0.3) is 0 Å². The molecule has 0 saturated heterocycles. The zero-order valence-electron chi connectivity index (χ0n) is 11.3. The van der Waals surface area contributed by atoms with Crippen molar-refractivity contribution >= 4 is 17.4 Å². The van der Waals surface area contributed by atoms with Crippen molar-refractivity contribution in [2.24, 2.45) is 0 Å². The number of urea groups is 1. The Morgan fingerprint density at radius 3 is 2.70 bits per heavy atom. The van der Waals surface area contributed by atoms with E-state index in [2.05, 4.69) is 10.6 Å². The van der Waals surface area contributed by atoms with Gasteiger partial charge >= 0.3 is 6.03 Å². The van der Waals surface area contributed by atoms with Gasteiger partial charge in [-0.05, 0) is 42.5 Å². The van der Waals surface area contributed by atoms with Gasteiger partial charge in [-0.25, -0.2) is 4.79 Å². The molecule has 2 aromatic rings. The van der Waals surface area contributed by atoms with Crippen LogP contribution in [0.4, 0.5) is 4.79 Å². The lowest BCUT2D eigenvalue weighted by molar-refractivity contribution is 0.237. The summed E-state index contributed by atoms with van der Waals surface area (Å²) in [7, 11) is 0. The Morgan fingerprint density at radius 1 is 1.30 bits per heavy atom. The molecular formula is C15H18N2O2S. The fourth-order valence-corrected chi connectivity index (χ4v) is 2.54. The SMILES string of the molecule is CC(Cc1ccc(O)cc1)NC(=O)NCc1cccs1. The Morgan fingerprint density at radius 2 is 2.05 bits per heavy atom. The summed E-state index contributed by atoms with van der Waals surface area (Å²) in [5, 5.41) is 16.9. The molecular weight excluding hydrogens is 272 g/mol. The Kier molecular flexibility index (Phi) is 5.01. The van der Waals surface area contributed by atoms with Crippen molar-refractivity contribution in [1.29, 1.82) is 0 Å². The van der Waals surface area contributed by atoms with E-state index in [0.717, 1.165) is 16.9 Å². The third-order valence-electron chi connectivity index (χ3n) is 2.86. The summed E-state index contributed by atoms with van der Waals surface area (Å²) in [5.41, 5.74) is 1.08. The smallest absolute Gasteiger partial charge is 0.315 e. The summed E-state index contributed by atoms with van der Waals surface area (Å²) < 4.78 is 0. The highest BCUT2D eigenvalue weighted by Crippen LogP contribution is 2.11. The van der Waals surface area contributed by atoms with Crippen molar-refractivity contribution in [3.05, 3.63) is 52.2 Å². The van der Waals surface area contributed by atoms with E-state index in [1.807, 2.05) is 36.6 Å². The average Bonchev–Trinajstić information content (AvgIpc) is 2.92. The molecule has 0 aliphatic carbocycles. The molecule has 106 valence electrons. The molecule has 3 N–H and O–H groups in total. The highest BCUT2D eigenvalue weighted by Gasteiger charge is 2.08. The van der Waals surface area contributed by atoms with Crippen LogP contribution in [0.1, 0.15) is 17.4 Å². The number of phenolic OH excluding ortho intramolecular Hbond substituents is 1. The predicted octanol–water partition coefficient (Wildman–Crippen LogP) is 2.88. The van der Waals surface area contributed by atoms with Crippen LogP contribution in [-0.4, -0.2) is 17.2 Å². The molecule has 0 aliphatic rings. The molecule has 1 aromatic carbocycles. The molecule has 2 amide bonds. The highest BCUT2D eigenvalue weighted by molar-refractivity contribution is 7.09. The van der Waals surface area contributed by atoms with E-state index in [-0.39, 0.29) is 17.8 Å². The molecule has 0 spiro atoms. The van der Waals surface area contributed by atoms with Crippen molar-refractivity contribution in [2.75, 3.05) is 0 Å². The van der Waals surface area contributed by atoms with Gasteiger partial charge in [0.15, 0.2) is 0 Å². The van der Waals surface area contributed by atoms with Crippen LogP contribution in [0.2, 0.25) is 0 Å². The van der Waals surface area contributed by atoms with Crippen molar-refractivity contribution in [3.8, 4) is 5.75 Å². The topological polar surface area (TPSA) is 61.4 Å². The number of hydrogen-bond acceptors (Lipinski definition) is 3. The van der Waals surface area contributed by atoms with Crippen LogP contribution in [0.5, 0.6) is 5.75 Å². The molecule has 0 radical (unpaired) electrons. The van der Waals surface area contributed by atoms with Crippen molar-refractivity contribution in [2.45, 2.75) is 25.9 Å². The monoisotopic (exact) mass is 290 g/mol. The molecule has 4 nitrogen and oxygen atoms in total. The van der Waals surface area contributed by atoms with Gasteiger partial charge in [-0.15, -0.1) is 11.3 Å². The molecule has 1 atom stereocenters. The molecule has 2 rings (SSSR count). The molecule has 1 aromatic heterocycles. The van der Waals surface area contributed by atoms with Crippen LogP contribution in [-0.2, 0) is 13.0 Å². The zero-order chi connectivity index (χ0) is 14.4. The zero-order valence-corrected chi connectivity index (χ0v) is 12.1. The third kappa shape index (κ3) is 4.59. The van der Waals surface area contributed by atoms with Gasteiger partial charge in [0.2, 0.25) is 0 Å². The van der Waals surface area contributed by atoms with Gasteiger partial charge in [-0.3, -0.25) is 0 Å². The second kappa shape index (κ2) is 6.96. The lowest BCUT2D eigenvalue weighted by Gasteiger charge is -2.14. The fourth-order valence-electron chi connectivity index (χ4n) is 1.89. The number of aromatic hydroxyl groups is 1. The Bertz CT molecular complexity index is 538. The Labute approximate surface area is 122 Å². The number of rotatable bonds is 5. The van der Waals surface area contributed by atoms with Crippen LogP contribution in [0.25, 0.3) is 0 Å². The average molecular weight is 290 g/mol. The summed E-state index contributed by atoms with van der Waals surface area (Å²) in [4.78, 5) is 12.9. The number of hydrogen-bond donors (Lipinski definition) is 3. The summed E-state index contributed by atoms with van der Waals surface area (Å²) in [6.07, 6.45) is 0.729. The highest BCUT2D eigenvalue weighted by atomic mass is 32.1. The molecule has 1 unspecified atom stereocenters. The molecule has 1 heterocycles. The summed E-state index contributed by atoms with van der Waals surface area (Å²) >= 11 is 1.62. The fraction of sp³-hybridized carbons (Fsp3) is 0.267. The second-order valence-corrected chi connectivity index (χ2v) is 5.71. The summed E-state index contributed by atoms with van der Waals surface area (Å²) in [5.74, 6) is 0.253. The van der Waals surface area contributed by atoms with Gasteiger partial charge in [0.1, 0.15) is 5.75 Å². The second-order valence-electron chi connectivity index (χ2n) is 4.68. The molecule has 0 aliphatic heterocycles. The molecule has 5 heteroatoms.